The van der Waals surface area contributed by atoms with Crippen molar-refractivity contribution in [3.05, 3.63) is 30.3 Å². The SMILES string of the molecule is CC1CNCCN1C(=O)C1CCN(C(=O)COc2ccccc2)CC1. The van der Waals surface area contributed by atoms with Crippen molar-refractivity contribution in [2.24, 2.45) is 5.92 Å². The van der Waals surface area contributed by atoms with Gasteiger partial charge in [0.15, 0.2) is 6.61 Å². The Morgan fingerprint density at radius 2 is 1.88 bits per heavy atom. The Bertz CT molecular complexity index is 585. The summed E-state index contributed by atoms with van der Waals surface area (Å²) in [4.78, 5) is 28.8. The molecule has 0 radical (unpaired) electrons. The van der Waals surface area contributed by atoms with Gasteiger partial charge in [-0.25, -0.2) is 0 Å². The smallest absolute Gasteiger partial charge is 0.260 e. The Hall–Kier alpha value is -2.08. The first-order valence-corrected chi connectivity index (χ1v) is 9.12. The van der Waals surface area contributed by atoms with Crippen LogP contribution in [0, 0.1) is 5.92 Å². The van der Waals surface area contributed by atoms with E-state index < -0.39 is 0 Å². The molecule has 2 amide bonds. The summed E-state index contributed by atoms with van der Waals surface area (Å²) in [7, 11) is 0. The lowest BCUT2D eigenvalue weighted by molar-refractivity contribution is -0.143. The number of ether oxygens (including phenoxy) is 1. The molecule has 1 aromatic rings. The molecule has 1 atom stereocenters. The summed E-state index contributed by atoms with van der Waals surface area (Å²) in [6.07, 6.45) is 1.49. The van der Waals surface area contributed by atoms with Crippen LogP contribution in [-0.2, 0) is 9.59 Å². The summed E-state index contributed by atoms with van der Waals surface area (Å²) >= 11 is 0. The molecule has 0 spiro atoms. The minimum absolute atomic E-state index is 0.00899. The van der Waals surface area contributed by atoms with Crippen LogP contribution in [-0.4, -0.2) is 67.0 Å². The van der Waals surface area contributed by atoms with Crippen LogP contribution in [0.4, 0.5) is 0 Å². The first-order valence-electron chi connectivity index (χ1n) is 9.12. The predicted molar refractivity (Wildman–Crippen MR) is 95.3 cm³/mol. The maximum absolute atomic E-state index is 12.7. The number of amides is 2. The third-order valence-corrected chi connectivity index (χ3v) is 5.09. The number of hydrogen-bond donors (Lipinski definition) is 1. The van der Waals surface area contributed by atoms with Gasteiger partial charge in [0.25, 0.3) is 5.91 Å². The van der Waals surface area contributed by atoms with E-state index in [0.29, 0.717) is 18.8 Å². The van der Waals surface area contributed by atoms with Gasteiger partial charge in [0.2, 0.25) is 5.91 Å². The second-order valence-corrected chi connectivity index (χ2v) is 6.84. The molecule has 6 nitrogen and oxygen atoms in total. The van der Waals surface area contributed by atoms with Gasteiger partial charge in [-0.3, -0.25) is 9.59 Å². The molecule has 0 bridgehead atoms. The summed E-state index contributed by atoms with van der Waals surface area (Å²) in [6.45, 7) is 5.91. The van der Waals surface area contributed by atoms with Crippen LogP contribution in [0.2, 0.25) is 0 Å². The topological polar surface area (TPSA) is 61.9 Å². The van der Waals surface area contributed by atoms with E-state index in [9.17, 15) is 9.59 Å². The third kappa shape index (κ3) is 4.51. The van der Waals surface area contributed by atoms with Crippen molar-refractivity contribution in [2.75, 3.05) is 39.3 Å². The number of carbonyl (C=O) groups is 2. The molecular weight excluding hydrogens is 318 g/mol. The van der Waals surface area contributed by atoms with Crippen molar-refractivity contribution < 1.29 is 14.3 Å². The molecule has 6 heteroatoms. The number of nitrogens with one attached hydrogen (secondary N) is 1. The molecule has 2 heterocycles. The maximum Gasteiger partial charge on any atom is 0.260 e. The number of rotatable bonds is 4. The number of carbonyl (C=O) groups excluding carboxylic acids is 2. The zero-order chi connectivity index (χ0) is 17.6. The number of benzene rings is 1. The van der Waals surface area contributed by atoms with Crippen molar-refractivity contribution in [1.29, 1.82) is 0 Å². The van der Waals surface area contributed by atoms with Crippen molar-refractivity contribution in [2.45, 2.75) is 25.8 Å². The van der Waals surface area contributed by atoms with E-state index in [1.807, 2.05) is 40.1 Å². The van der Waals surface area contributed by atoms with E-state index in [2.05, 4.69) is 12.2 Å². The number of nitrogens with zero attached hydrogens (tertiary/aromatic N) is 2. The molecule has 2 aliphatic rings. The fraction of sp³-hybridized carbons (Fsp3) is 0.579. The van der Waals surface area contributed by atoms with E-state index in [0.717, 1.165) is 32.5 Å². The lowest BCUT2D eigenvalue weighted by Gasteiger charge is -2.39. The molecule has 0 saturated carbocycles. The van der Waals surface area contributed by atoms with Crippen LogP contribution in [0.5, 0.6) is 5.75 Å². The number of hydrogen-bond acceptors (Lipinski definition) is 4. The zero-order valence-electron chi connectivity index (χ0n) is 14.8. The largest absolute Gasteiger partial charge is 0.484 e. The highest BCUT2D eigenvalue weighted by molar-refractivity contribution is 5.81. The quantitative estimate of drug-likeness (QED) is 0.888. The molecule has 3 rings (SSSR count). The van der Waals surface area contributed by atoms with Crippen LogP contribution in [0.1, 0.15) is 19.8 Å². The monoisotopic (exact) mass is 345 g/mol. The van der Waals surface area contributed by atoms with Gasteiger partial charge in [-0.15, -0.1) is 0 Å². The number of likely N-dealkylation sites (tertiary alicyclic amines) is 1. The average molecular weight is 345 g/mol. The van der Waals surface area contributed by atoms with Crippen LogP contribution < -0.4 is 10.1 Å². The summed E-state index contributed by atoms with van der Waals surface area (Å²) in [6, 6.07) is 9.61. The molecule has 136 valence electrons. The molecule has 2 aliphatic heterocycles. The Morgan fingerprint density at radius 1 is 1.16 bits per heavy atom. The van der Waals surface area contributed by atoms with Gasteiger partial charge in [-0.1, -0.05) is 18.2 Å². The highest BCUT2D eigenvalue weighted by atomic mass is 16.5. The van der Waals surface area contributed by atoms with Gasteiger partial charge >= 0.3 is 0 Å². The fourth-order valence-corrected chi connectivity index (χ4v) is 3.53. The minimum Gasteiger partial charge on any atom is -0.484 e. The zero-order valence-corrected chi connectivity index (χ0v) is 14.8. The van der Waals surface area contributed by atoms with Gasteiger partial charge in [0, 0.05) is 44.7 Å². The molecule has 2 saturated heterocycles. The van der Waals surface area contributed by atoms with E-state index >= 15 is 0 Å². The van der Waals surface area contributed by atoms with Crippen molar-refractivity contribution in [3.8, 4) is 5.75 Å². The van der Waals surface area contributed by atoms with E-state index in [4.69, 9.17) is 4.74 Å². The predicted octanol–water partition coefficient (Wildman–Crippen LogP) is 1.12. The molecule has 2 fully saturated rings. The van der Waals surface area contributed by atoms with Gasteiger partial charge in [0.1, 0.15) is 5.75 Å². The lowest BCUT2D eigenvalue weighted by Crippen LogP contribution is -2.55. The Labute approximate surface area is 149 Å². The van der Waals surface area contributed by atoms with Crippen LogP contribution in [0.25, 0.3) is 0 Å². The second-order valence-electron chi connectivity index (χ2n) is 6.84. The van der Waals surface area contributed by atoms with E-state index in [1.54, 1.807) is 0 Å². The average Bonchev–Trinajstić information content (AvgIpc) is 2.67. The summed E-state index contributed by atoms with van der Waals surface area (Å²) in [5, 5.41) is 3.31. The fourth-order valence-electron chi connectivity index (χ4n) is 3.53. The molecule has 1 aromatic carbocycles. The molecule has 1 N–H and O–H groups in total. The van der Waals surface area contributed by atoms with E-state index in [-0.39, 0.29) is 30.4 Å². The number of piperidine rings is 1. The Morgan fingerprint density at radius 3 is 2.56 bits per heavy atom. The summed E-state index contributed by atoms with van der Waals surface area (Å²) < 4.78 is 5.53. The normalized spacial score (nSPS) is 21.9. The van der Waals surface area contributed by atoms with E-state index in [1.165, 1.54) is 0 Å². The highest BCUT2D eigenvalue weighted by Crippen LogP contribution is 2.21. The van der Waals surface area contributed by atoms with Crippen LogP contribution >= 0.6 is 0 Å². The Balaban J connectivity index is 1.44. The molecular formula is C19H27N3O3. The Kier molecular flexibility index (Phi) is 5.91. The molecule has 0 aromatic heterocycles. The highest BCUT2D eigenvalue weighted by Gasteiger charge is 2.32. The van der Waals surface area contributed by atoms with Gasteiger partial charge in [0.05, 0.1) is 0 Å². The summed E-state index contributed by atoms with van der Waals surface area (Å²) in [5.41, 5.74) is 0. The van der Waals surface area contributed by atoms with Gasteiger partial charge < -0.3 is 19.9 Å². The molecule has 1 unspecified atom stereocenters. The standard InChI is InChI=1S/C19H27N3O3/c1-15-13-20-9-12-22(15)19(24)16-7-10-21(11-8-16)18(23)14-25-17-5-3-2-4-6-17/h2-6,15-16,20H,7-14H2,1H3. The van der Waals surface area contributed by atoms with Crippen molar-refractivity contribution in [1.82, 2.24) is 15.1 Å². The first kappa shape index (κ1) is 17.7. The van der Waals surface area contributed by atoms with Crippen LogP contribution in [0.3, 0.4) is 0 Å². The van der Waals surface area contributed by atoms with Gasteiger partial charge in [-0.05, 0) is 31.9 Å². The molecule has 0 aliphatic carbocycles. The van der Waals surface area contributed by atoms with Gasteiger partial charge in [-0.2, -0.15) is 0 Å². The second kappa shape index (κ2) is 8.34. The first-order chi connectivity index (χ1) is 12.1. The third-order valence-electron chi connectivity index (χ3n) is 5.09. The van der Waals surface area contributed by atoms with Crippen LogP contribution in [0.15, 0.2) is 30.3 Å². The maximum atomic E-state index is 12.7. The minimum atomic E-state index is -0.00899. The lowest BCUT2D eigenvalue weighted by atomic mass is 9.94. The molecule has 25 heavy (non-hydrogen) atoms. The summed E-state index contributed by atoms with van der Waals surface area (Å²) in [5.74, 6) is 0.986. The van der Waals surface area contributed by atoms with Crippen molar-refractivity contribution >= 4 is 11.8 Å². The number of para-hydroxylation sites is 1. The number of piperazine rings is 1. The van der Waals surface area contributed by atoms with Crippen molar-refractivity contribution in [3.63, 3.8) is 0 Å².